The maximum Gasteiger partial charge on any atom is 0.0433 e. The molecule has 0 unspecified atom stereocenters. The predicted molar refractivity (Wildman–Crippen MR) is 42.8 cm³/mol. The van der Waals surface area contributed by atoms with Gasteiger partial charge < -0.3 is 4.57 Å². The van der Waals surface area contributed by atoms with Crippen LogP contribution in [0, 0.1) is 0 Å². The number of nitrogens with zero attached hydrogens (tertiary/aromatic N) is 1. The summed E-state index contributed by atoms with van der Waals surface area (Å²) in [6.07, 6.45) is 8.99. The van der Waals surface area contributed by atoms with Crippen molar-refractivity contribution in [2.45, 2.75) is 12.8 Å². The highest BCUT2D eigenvalue weighted by Crippen LogP contribution is 2.18. The van der Waals surface area contributed by atoms with Crippen LogP contribution in [0.25, 0.3) is 6.08 Å². The Hall–Kier alpha value is -0.980. The molecule has 52 valence electrons. The molecule has 0 saturated carbocycles. The summed E-state index contributed by atoms with van der Waals surface area (Å²) in [5, 5.41) is 0. The molecule has 0 atom stereocenters. The van der Waals surface area contributed by atoms with E-state index >= 15 is 0 Å². The van der Waals surface area contributed by atoms with Crippen LogP contribution in [0.1, 0.15) is 17.7 Å². The Morgan fingerprint density at radius 2 is 2.40 bits per heavy atom. The van der Waals surface area contributed by atoms with Crippen LogP contribution in [0.4, 0.5) is 0 Å². The van der Waals surface area contributed by atoms with Crippen molar-refractivity contribution in [3.63, 3.8) is 0 Å². The lowest BCUT2D eigenvalue weighted by Gasteiger charge is -2.05. The van der Waals surface area contributed by atoms with E-state index in [9.17, 15) is 0 Å². The molecule has 0 bridgehead atoms. The number of aryl methyl sites for hydroxylation is 2. The normalized spacial score (nSPS) is 15.3. The third kappa shape index (κ3) is 0.703. The highest BCUT2D eigenvalue weighted by atomic mass is 14.9. The van der Waals surface area contributed by atoms with Crippen LogP contribution in [0.3, 0.4) is 0 Å². The second kappa shape index (κ2) is 2.01. The van der Waals surface area contributed by atoms with Gasteiger partial charge in [-0.05, 0) is 30.5 Å². The van der Waals surface area contributed by atoms with Gasteiger partial charge in [0.15, 0.2) is 0 Å². The summed E-state index contributed by atoms with van der Waals surface area (Å²) < 4.78 is 2.17. The Labute approximate surface area is 61.0 Å². The van der Waals surface area contributed by atoms with Crippen LogP contribution in [0.2, 0.25) is 0 Å². The molecule has 1 nitrogen and oxygen atoms in total. The fourth-order valence-corrected chi connectivity index (χ4v) is 1.46. The molecule has 0 saturated heterocycles. The summed E-state index contributed by atoms with van der Waals surface area (Å²) in [6, 6.07) is 2.21. The summed E-state index contributed by atoms with van der Waals surface area (Å²) in [5.74, 6) is 0. The van der Waals surface area contributed by atoms with Crippen LogP contribution < -0.4 is 0 Å². The van der Waals surface area contributed by atoms with E-state index < -0.39 is 0 Å². The van der Waals surface area contributed by atoms with E-state index in [0.717, 1.165) is 0 Å². The van der Waals surface area contributed by atoms with Crippen molar-refractivity contribution in [2.75, 3.05) is 0 Å². The van der Waals surface area contributed by atoms with E-state index in [1.54, 1.807) is 0 Å². The molecule has 0 radical (unpaired) electrons. The minimum absolute atomic E-state index is 1.21. The fraction of sp³-hybridized carbons (Fsp3) is 0.333. The lowest BCUT2D eigenvalue weighted by molar-refractivity contribution is 0.885. The number of allylic oxidation sites excluding steroid dienone is 1. The zero-order chi connectivity index (χ0) is 6.97. The molecule has 0 aromatic carbocycles. The second-order valence-electron chi connectivity index (χ2n) is 2.78. The average molecular weight is 133 g/mol. The number of fused-ring (bicyclic) bond motifs is 1. The maximum atomic E-state index is 2.24. The maximum absolute atomic E-state index is 2.24. The topological polar surface area (TPSA) is 4.93 Å². The largest absolute Gasteiger partial charge is 0.351 e. The van der Waals surface area contributed by atoms with Gasteiger partial charge in [-0.2, -0.15) is 0 Å². The Bertz CT molecular complexity index is 268. The Kier molecular flexibility index (Phi) is 1.16. The molecule has 0 aliphatic heterocycles. The SMILES string of the molecule is Cn1ccc2c1C=CCC2. The first-order valence-corrected chi connectivity index (χ1v) is 3.68. The van der Waals surface area contributed by atoms with Crippen molar-refractivity contribution in [1.82, 2.24) is 4.57 Å². The van der Waals surface area contributed by atoms with Gasteiger partial charge in [0.05, 0.1) is 0 Å². The standard InChI is InChI=1S/C9H11N/c1-10-7-6-8-4-2-3-5-9(8)10/h3,5-7H,2,4H2,1H3. The van der Waals surface area contributed by atoms with Gasteiger partial charge in [-0.3, -0.25) is 0 Å². The minimum Gasteiger partial charge on any atom is -0.351 e. The lowest BCUT2D eigenvalue weighted by Crippen LogP contribution is -1.95. The number of hydrogen-bond acceptors (Lipinski definition) is 0. The monoisotopic (exact) mass is 133 g/mol. The van der Waals surface area contributed by atoms with Gasteiger partial charge >= 0.3 is 0 Å². The Balaban J connectivity index is 2.57. The molecule has 0 amide bonds. The molecule has 1 heterocycles. The van der Waals surface area contributed by atoms with Crippen LogP contribution in [0.5, 0.6) is 0 Å². The summed E-state index contributed by atoms with van der Waals surface area (Å²) in [5.41, 5.74) is 2.87. The van der Waals surface area contributed by atoms with Gasteiger partial charge in [0.25, 0.3) is 0 Å². The van der Waals surface area contributed by atoms with Crippen molar-refractivity contribution >= 4 is 6.08 Å². The Morgan fingerprint density at radius 3 is 3.20 bits per heavy atom. The van der Waals surface area contributed by atoms with Gasteiger partial charge in [0.1, 0.15) is 0 Å². The van der Waals surface area contributed by atoms with Crippen LogP contribution in [0.15, 0.2) is 18.3 Å². The third-order valence-electron chi connectivity index (χ3n) is 2.06. The van der Waals surface area contributed by atoms with Crippen LogP contribution in [-0.2, 0) is 13.5 Å². The number of rotatable bonds is 0. The molecule has 0 N–H and O–H groups in total. The molecule has 1 heteroatoms. The highest BCUT2D eigenvalue weighted by molar-refractivity contribution is 5.53. The summed E-state index contributed by atoms with van der Waals surface area (Å²) in [6.45, 7) is 0. The molecule has 2 rings (SSSR count). The molecular weight excluding hydrogens is 122 g/mol. The molecule has 1 aromatic rings. The molecule has 10 heavy (non-hydrogen) atoms. The highest BCUT2D eigenvalue weighted by Gasteiger charge is 2.05. The van der Waals surface area contributed by atoms with Crippen molar-refractivity contribution in [3.8, 4) is 0 Å². The quantitative estimate of drug-likeness (QED) is 0.510. The zero-order valence-electron chi connectivity index (χ0n) is 6.17. The van der Waals surface area contributed by atoms with Gasteiger partial charge in [0, 0.05) is 18.9 Å². The van der Waals surface area contributed by atoms with Crippen molar-refractivity contribution < 1.29 is 0 Å². The summed E-state index contributed by atoms with van der Waals surface area (Å²) in [4.78, 5) is 0. The van der Waals surface area contributed by atoms with Crippen molar-refractivity contribution in [1.29, 1.82) is 0 Å². The third-order valence-corrected chi connectivity index (χ3v) is 2.06. The van der Waals surface area contributed by atoms with E-state index in [-0.39, 0.29) is 0 Å². The van der Waals surface area contributed by atoms with E-state index in [2.05, 4.69) is 36.0 Å². The summed E-state index contributed by atoms with van der Waals surface area (Å²) >= 11 is 0. The zero-order valence-corrected chi connectivity index (χ0v) is 6.17. The second-order valence-corrected chi connectivity index (χ2v) is 2.78. The molecule has 0 spiro atoms. The number of aromatic nitrogens is 1. The van der Waals surface area contributed by atoms with Gasteiger partial charge in [-0.1, -0.05) is 6.08 Å². The Morgan fingerprint density at radius 1 is 1.50 bits per heavy atom. The average Bonchev–Trinajstić information content (AvgIpc) is 2.34. The summed E-state index contributed by atoms with van der Waals surface area (Å²) in [7, 11) is 2.09. The van der Waals surface area contributed by atoms with E-state index in [0.29, 0.717) is 0 Å². The van der Waals surface area contributed by atoms with E-state index in [1.807, 2.05) is 0 Å². The van der Waals surface area contributed by atoms with Gasteiger partial charge in [0.2, 0.25) is 0 Å². The lowest BCUT2D eigenvalue weighted by atomic mass is 10.1. The fourth-order valence-electron chi connectivity index (χ4n) is 1.46. The molecular formula is C9H11N. The molecule has 1 aromatic heterocycles. The first-order valence-electron chi connectivity index (χ1n) is 3.68. The van der Waals surface area contributed by atoms with Gasteiger partial charge in [-0.15, -0.1) is 0 Å². The van der Waals surface area contributed by atoms with Crippen molar-refractivity contribution in [3.05, 3.63) is 29.6 Å². The van der Waals surface area contributed by atoms with Gasteiger partial charge in [-0.25, -0.2) is 0 Å². The van der Waals surface area contributed by atoms with E-state index in [4.69, 9.17) is 0 Å². The molecule has 1 aliphatic rings. The molecule has 0 fully saturated rings. The number of hydrogen-bond donors (Lipinski definition) is 0. The first-order chi connectivity index (χ1) is 4.88. The minimum atomic E-state index is 1.21. The predicted octanol–water partition coefficient (Wildman–Crippen LogP) is 1.98. The first kappa shape index (κ1) is 5.78. The van der Waals surface area contributed by atoms with Crippen molar-refractivity contribution in [2.24, 2.45) is 7.05 Å². The smallest absolute Gasteiger partial charge is 0.0433 e. The van der Waals surface area contributed by atoms with Crippen LogP contribution >= 0.6 is 0 Å². The van der Waals surface area contributed by atoms with Crippen LogP contribution in [-0.4, -0.2) is 4.57 Å². The molecule has 1 aliphatic carbocycles. The van der Waals surface area contributed by atoms with E-state index in [1.165, 1.54) is 24.1 Å².